The molecule has 0 unspecified atom stereocenters. The fraction of sp³-hybridized carbons (Fsp3) is 0.0172. The van der Waals surface area contributed by atoms with Gasteiger partial charge in [-0.3, -0.25) is 0 Å². The number of benzene rings is 8. The molecule has 0 saturated carbocycles. The Morgan fingerprint density at radius 2 is 0.984 bits per heavy atom. The molecule has 2 heterocycles. The Kier molecular flexibility index (Phi) is 10.6. The molecule has 0 bridgehead atoms. The van der Waals surface area contributed by atoms with Gasteiger partial charge in [0, 0.05) is 44.3 Å². The van der Waals surface area contributed by atoms with Gasteiger partial charge in [0.2, 0.25) is 0 Å². The first-order valence-electron chi connectivity index (χ1n) is 21.1. The second-order valence-electron chi connectivity index (χ2n) is 15.2. The second kappa shape index (κ2) is 17.3. The van der Waals surface area contributed by atoms with E-state index in [1.165, 1.54) is 5.56 Å². The summed E-state index contributed by atoms with van der Waals surface area (Å²) in [4.78, 5) is 17.3. The number of nitrogens with zero attached hydrogens (tertiary/aromatic N) is 4. The molecule has 0 saturated heterocycles. The molecule has 5 heteroatoms. The summed E-state index contributed by atoms with van der Waals surface area (Å²) in [7, 11) is 0. The molecule has 300 valence electrons. The van der Waals surface area contributed by atoms with Crippen molar-refractivity contribution < 1.29 is 4.42 Å². The van der Waals surface area contributed by atoms with Crippen LogP contribution in [0, 0.1) is 0 Å². The zero-order chi connectivity index (χ0) is 42.5. The van der Waals surface area contributed by atoms with Crippen molar-refractivity contribution in [1.29, 1.82) is 0 Å². The summed E-state index contributed by atoms with van der Waals surface area (Å²) in [6.07, 6.45) is 8.08. The van der Waals surface area contributed by atoms with Crippen molar-refractivity contribution >= 4 is 44.6 Å². The molecule has 0 aliphatic rings. The van der Waals surface area contributed by atoms with Crippen molar-refractivity contribution in [3.8, 4) is 56.4 Å². The Balaban J connectivity index is 1.13. The van der Waals surface area contributed by atoms with E-state index < -0.39 is 0 Å². The molecule has 10 rings (SSSR count). The lowest BCUT2D eigenvalue weighted by Gasteiger charge is -2.28. The number of para-hydroxylation sites is 3. The van der Waals surface area contributed by atoms with Crippen molar-refractivity contribution in [1.82, 2.24) is 15.0 Å². The van der Waals surface area contributed by atoms with Crippen LogP contribution in [0.1, 0.15) is 12.5 Å². The van der Waals surface area contributed by atoms with Crippen LogP contribution in [-0.4, -0.2) is 15.0 Å². The molecular weight excluding hydrogens is 769 g/mol. The Hall–Kier alpha value is -8.41. The molecule has 0 amide bonds. The van der Waals surface area contributed by atoms with Gasteiger partial charge in [-0.15, -0.1) is 0 Å². The van der Waals surface area contributed by atoms with E-state index in [-0.39, 0.29) is 0 Å². The van der Waals surface area contributed by atoms with Crippen LogP contribution in [0.25, 0.3) is 83.9 Å². The van der Waals surface area contributed by atoms with Crippen LogP contribution < -0.4 is 4.90 Å². The number of hydrogen-bond donors (Lipinski definition) is 0. The smallest absolute Gasteiger partial charge is 0.164 e. The minimum atomic E-state index is 0.596. The molecule has 63 heavy (non-hydrogen) atoms. The van der Waals surface area contributed by atoms with Crippen molar-refractivity contribution in [2.75, 3.05) is 4.90 Å². The highest BCUT2D eigenvalue weighted by molar-refractivity contribution is 6.14. The summed E-state index contributed by atoms with van der Waals surface area (Å²) in [5.74, 6) is 1.84. The third kappa shape index (κ3) is 7.64. The van der Waals surface area contributed by atoms with E-state index in [9.17, 15) is 0 Å². The summed E-state index contributed by atoms with van der Waals surface area (Å²) >= 11 is 0. The topological polar surface area (TPSA) is 55.1 Å². The molecule has 0 aliphatic carbocycles. The number of furan rings is 1. The van der Waals surface area contributed by atoms with Crippen LogP contribution >= 0.6 is 0 Å². The number of anilines is 3. The second-order valence-corrected chi connectivity index (χ2v) is 15.2. The number of rotatable bonds is 11. The van der Waals surface area contributed by atoms with Gasteiger partial charge in [0.25, 0.3) is 0 Å². The zero-order valence-corrected chi connectivity index (χ0v) is 34.8. The standard InChI is InChI=1S/C58H42N4O/c1-3-19-42(20-4-2)48-29-14-15-33-52(48)62(47-37-35-41(36-38-47)40-21-8-5-9-22-40)53-34-18-32-51-50-31-17-30-49(54(50)63-55(51)53)45-27-16-28-46(39-45)58-60-56(43-23-10-6-11-24-43)59-57(61-58)44-25-12-7-13-26-44/h3-39H,1H2,2H3/b20-4-,42-19+. The van der Waals surface area contributed by atoms with Gasteiger partial charge >= 0.3 is 0 Å². The number of fused-ring (bicyclic) bond motifs is 3. The largest absolute Gasteiger partial charge is 0.453 e. The van der Waals surface area contributed by atoms with E-state index in [0.717, 1.165) is 83.5 Å². The molecule has 8 aromatic carbocycles. The molecule has 5 nitrogen and oxygen atoms in total. The van der Waals surface area contributed by atoms with E-state index in [1.807, 2.05) is 79.7 Å². The van der Waals surface area contributed by atoms with E-state index in [1.54, 1.807) is 0 Å². The van der Waals surface area contributed by atoms with Gasteiger partial charge in [0.15, 0.2) is 23.1 Å². The average molecular weight is 811 g/mol. The SMILES string of the molecule is C=C/C=C(\C=C/C)c1ccccc1N(c1ccc(-c2ccccc2)cc1)c1cccc2c1oc1c(-c3cccc(-c4nc(-c5ccccc5)nc(-c5ccccc5)n4)c3)cccc12. The molecule has 0 spiro atoms. The van der Waals surface area contributed by atoms with Crippen molar-refractivity contribution in [2.45, 2.75) is 6.92 Å². The van der Waals surface area contributed by atoms with Gasteiger partial charge in [-0.1, -0.05) is 201 Å². The third-order valence-corrected chi connectivity index (χ3v) is 11.2. The minimum absolute atomic E-state index is 0.596. The Morgan fingerprint density at radius 3 is 1.63 bits per heavy atom. The Morgan fingerprint density at radius 1 is 0.476 bits per heavy atom. The van der Waals surface area contributed by atoms with Crippen LogP contribution in [0.5, 0.6) is 0 Å². The zero-order valence-electron chi connectivity index (χ0n) is 34.8. The summed E-state index contributed by atoms with van der Waals surface area (Å²) in [5, 5.41) is 2.05. The van der Waals surface area contributed by atoms with Crippen LogP contribution in [0.3, 0.4) is 0 Å². The first-order valence-corrected chi connectivity index (χ1v) is 21.1. The lowest BCUT2D eigenvalue weighted by Crippen LogP contribution is -2.12. The lowest BCUT2D eigenvalue weighted by molar-refractivity contribution is 0.670. The third-order valence-electron chi connectivity index (χ3n) is 11.2. The molecule has 0 N–H and O–H groups in total. The molecule has 0 aliphatic heterocycles. The fourth-order valence-corrected chi connectivity index (χ4v) is 8.27. The molecule has 0 atom stereocenters. The predicted molar refractivity (Wildman–Crippen MR) is 262 cm³/mol. The molecule has 0 fully saturated rings. The lowest BCUT2D eigenvalue weighted by atomic mass is 9.99. The van der Waals surface area contributed by atoms with Gasteiger partial charge in [-0.05, 0) is 59.5 Å². The van der Waals surface area contributed by atoms with Gasteiger partial charge in [-0.25, -0.2) is 15.0 Å². The maximum absolute atomic E-state index is 7.15. The van der Waals surface area contributed by atoms with Gasteiger partial charge in [0.1, 0.15) is 5.58 Å². The first kappa shape index (κ1) is 38.8. The predicted octanol–water partition coefficient (Wildman–Crippen LogP) is 15.7. The van der Waals surface area contributed by atoms with Crippen LogP contribution in [-0.2, 0) is 0 Å². The van der Waals surface area contributed by atoms with Gasteiger partial charge in [-0.2, -0.15) is 0 Å². The van der Waals surface area contributed by atoms with E-state index >= 15 is 0 Å². The normalized spacial score (nSPS) is 11.7. The quantitative estimate of drug-likeness (QED) is 0.122. The van der Waals surface area contributed by atoms with E-state index in [4.69, 9.17) is 19.4 Å². The molecular formula is C58H42N4O. The minimum Gasteiger partial charge on any atom is -0.453 e. The molecule has 10 aromatic rings. The van der Waals surface area contributed by atoms with E-state index in [0.29, 0.717) is 17.5 Å². The van der Waals surface area contributed by atoms with Gasteiger partial charge in [0.05, 0.1) is 11.4 Å². The summed E-state index contributed by atoms with van der Waals surface area (Å²) in [5.41, 5.74) is 13.7. The van der Waals surface area contributed by atoms with Crippen molar-refractivity contribution in [3.05, 3.63) is 237 Å². The summed E-state index contributed by atoms with van der Waals surface area (Å²) in [6, 6.07) is 69.0. The van der Waals surface area contributed by atoms with Gasteiger partial charge < -0.3 is 9.32 Å². The monoisotopic (exact) mass is 810 g/mol. The maximum atomic E-state index is 7.15. The van der Waals surface area contributed by atoms with E-state index in [2.05, 4.69) is 163 Å². The van der Waals surface area contributed by atoms with Crippen LogP contribution in [0.2, 0.25) is 0 Å². The number of allylic oxidation sites excluding steroid dienone is 5. The number of hydrogen-bond acceptors (Lipinski definition) is 5. The highest BCUT2D eigenvalue weighted by Crippen LogP contribution is 2.46. The number of aromatic nitrogens is 3. The first-order chi connectivity index (χ1) is 31.2. The molecule has 0 radical (unpaired) electrons. The maximum Gasteiger partial charge on any atom is 0.164 e. The molecule has 2 aromatic heterocycles. The average Bonchev–Trinajstić information content (AvgIpc) is 3.75. The Labute approximate surface area is 367 Å². The summed E-state index contributed by atoms with van der Waals surface area (Å²) < 4.78 is 7.15. The van der Waals surface area contributed by atoms with Crippen LogP contribution in [0.4, 0.5) is 17.1 Å². The van der Waals surface area contributed by atoms with Crippen LogP contribution in [0.15, 0.2) is 235 Å². The Bertz CT molecular complexity index is 3240. The fourth-order valence-electron chi connectivity index (χ4n) is 8.27. The van der Waals surface area contributed by atoms with Crippen molar-refractivity contribution in [2.24, 2.45) is 0 Å². The van der Waals surface area contributed by atoms with Crippen molar-refractivity contribution in [3.63, 3.8) is 0 Å². The highest BCUT2D eigenvalue weighted by Gasteiger charge is 2.23. The summed E-state index contributed by atoms with van der Waals surface area (Å²) in [6.45, 7) is 6.08. The highest BCUT2D eigenvalue weighted by atomic mass is 16.3.